The van der Waals surface area contributed by atoms with Gasteiger partial charge in [0, 0.05) is 16.7 Å². The van der Waals surface area contributed by atoms with Crippen molar-refractivity contribution in [3.63, 3.8) is 0 Å². The van der Waals surface area contributed by atoms with Crippen LogP contribution in [0.1, 0.15) is 37.9 Å². The number of aliphatic hydroxyl groups excluding tert-OH is 2. The maximum atomic E-state index is 9.62. The molecule has 1 fully saturated rings. The zero-order valence-electron chi connectivity index (χ0n) is 10.6. The van der Waals surface area contributed by atoms with Crippen LogP contribution in [0.4, 0.5) is 5.69 Å². The van der Waals surface area contributed by atoms with Gasteiger partial charge in [-0.15, -0.1) is 0 Å². The van der Waals surface area contributed by atoms with Gasteiger partial charge in [0.05, 0.1) is 18.8 Å². The number of nitrogens with zero attached hydrogens (tertiary/aromatic N) is 1. The Balaban J connectivity index is 2.24. The molecule has 2 atom stereocenters. The van der Waals surface area contributed by atoms with Crippen molar-refractivity contribution in [2.75, 3.05) is 18.1 Å². The summed E-state index contributed by atoms with van der Waals surface area (Å²) in [5, 5.41) is 19.1. The van der Waals surface area contributed by atoms with Crippen LogP contribution in [-0.4, -0.2) is 29.4 Å². The standard InChI is InChI=1S/C14H20BrNO2/c1-10(18)13-6-5-11(8-14(13)15)16-7-3-2-4-12(16)9-17/h5-6,8,10,12,17-18H,2-4,7,9H2,1H3/t10-,12?/m1/s1. The van der Waals surface area contributed by atoms with Gasteiger partial charge >= 0.3 is 0 Å². The predicted molar refractivity (Wildman–Crippen MR) is 76.8 cm³/mol. The molecule has 0 aromatic heterocycles. The molecule has 18 heavy (non-hydrogen) atoms. The normalized spacial score (nSPS) is 22.0. The van der Waals surface area contributed by atoms with Crippen LogP contribution >= 0.6 is 15.9 Å². The summed E-state index contributed by atoms with van der Waals surface area (Å²) in [6.07, 6.45) is 2.94. The summed E-state index contributed by atoms with van der Waals surface area (Å²) in [5.41, 5.74) is 2.02. The van der Waals surface area contributed by atoms with Crippen LogP contribution in [0.2, 0.25) is 0 Å². The highest BCUT2D eigenvalue weighted by atomic mass is 79.9. The second-order valence-corrected chi connectivity index (χ2v) is 5.76. The van der Waals surface area contributed by atoms with Crippen molar-refractivity contribution in [3.8, 4) is 0 Å². The Hall–Kier alpha value is -0.580. The van der Waals surface area contributed by atoms with Crippen LogP contribution in [0.5, 0.6) is 0 Å². The van der Waals surface area contributed by atoms with E-state index in [9.17, 15) is 10.2 Å². The summed E-state index contributed by atoms with van der Waals surface area (Å²) in [5.74, 6) is 0. The maximum absolute atomic E-state index is 9.62. The molecule has 0 saturated carbocycles. The summed E-state index contributed by atoms with van der Waals surface area (Å²) in [6, 6.07) is 6.24. The molecule has 4 heteroatoms. The fraction of sp³-hybridized carbons (Fsp3) is 0.571. The average Bonchev–Trinajstić information content (AvgIpc) is 2.38. The zero-order chi connectivity index (χ0) is 13.1. The molecule has 1 heterocycles. The molecule has 0 amide bonds. The number of piperidine rings is 1. The molecular weight excluding hydrogens is 294 g/mol. The topological polar surface area (TPSA) is 43.7 Å². The molecule has 1 aromatic carbocycles. The van der Waals surface area contributed by atoms with E-state index in [-0.39, 0.29) is 12.6 Å². The molecule has 1 aliphatic heterocycles. The van der Waals surface area contributed by atoms with E-state index in [0.717, 1.165) is 28.7 Å². The number of anilines is 1. The van der Waals surface area contributed by atoms with Crippen molar-refractivity contribution in [1.29, 1.82) is 0 Å². The quantitative estimate of drug-likeness (QED) is 0.902. The van der Waals surface area contributed by atoms with Gasteiger partial charge in [0.15, 0.2) is 0 Å². The molecule has 0 radical (unpaired) electrons. The van der Waals surface area contributed by atoms with Gasteiger partial charge in [-0.25, -0.2) is 0 Å². The van der Waals surface area contributed by atoms with E-state index in [0.29, 0.717) is 0 Å². The van der Waals surface area contributed by atoms with Crippen LogP contribution < -0.4 is 4.90 Å². The Morgan fingerprint density at radius 1 is 1.44 bits per heavy atom. The smallest absolute Gasteiger partial charge is 0.0772 e. The molecule has 2 N–H and O–H groups in total. The van der Waals surface area contributed by atoms with Crippen molar-refractivity contribution in [3.05, 3.63) is 28.2 Å². The lowest BCUT2D eigenvalue weighted by Crippen LogP contribution is -2.41. The Kier molecular flexibility index (Phi) is 4.65. The molecule has 0 spiro atoms. The zero-order valence-corrected chi connectivity index (χ0v) is 12.2. The van der Waals surface area contributed by atoms with E-state index in [1.165, 1.54) is 12.8 Å². The molecule has 1 aromatic rings. The number of hydrogen-bond acceptors (Lipinski definition) is 3. The molecule has 0 aliphatic carbocycles. The minimum Gasteiger partial charge on any atom is -0.394 e. The van der Waals surface area contributed by atoms with E-state index < -0.39 is 6.10 Å². The highest BCUT2D eigenvalue weighted by Gasteiger charge is 2.22. The number of halogens is 1. The third-order valence-electron chi connectivity index (χ3n) is 3.60. The summed E-state index contributed by atoms with van der Waals surface area (Å²) in [6.45, 7) is 2.96. The number of hydrogen-bond donors (Lipinski definition) is 2. The van der Waals surface area contributed by atoms with E-state index in [1.54, 1.807) is 6.92 Å². The van der Waals surface area contributed by atoms with Crippen LogP contribution in [0, 0.1) is 0 Å². The van der Waals surface area contributed by atoms with Gasteiger partial charge in [-0.05, 0) is 43.9 Å². The predicted octanol–water partition coefficient (Wildman–Crippen LogP) is 2.85. The van der Waals surface area contributed by atoms with E-state index in [1.807, 2.05) is 18.2 Å². The van der Waals surface area contributed by atoms with Crippen LogP contribution in [-0.2, 0) is 0 Å². The fourth-order valence-electron chi connectivity index (χ4n) is 2.56. The molecule has 1 unspecified atom stereocenters. The van der Waals surface area contributed by atoms with Gasteiger partial charge in [0.1, 0.15) is 0 Å². The summed E-state index contributed by atoms with van der Waals surface area (Å²) < 4.78 is 0.928. The Morgan fingerprint density at radius 2 is 2.22 bits per heavy atom. The second-order valence-electron chi connectivity index (χ2n) is 4.91. The lowest BCUT2D eigenvalue weighted by molar-refractivity contribution is 0.198. The molecular formula is C14H20BrNO2. The molecule has 2 rings (SSSR count). The Labute approximate surface area is 117 Å². The van der Waals surface area contributed by atoms with Crippen LogP contribution in [0.3, 0.4) is 0 Å². The van der Waals surface area contributed by atoms with Crippen molar-refractivity contribution >= 4 is 21.6 Å². The minimum absolute atomic E-state index is 0.204. The number of aliphatic hydroxyl groups is 2. The molecule has 1 saturated heterocycles. The molecule has 0 bridgehead atoms. The molecule has 100 valence electrons. The van der Waals surface area contributed by atoms with Crippen molar-refractivity contribution in [2.24, 2.45) is 0 Å². The van der Waals surface area contributed by atoms with Gasteiger partial charge < -0.3 is 15.1 Å². The summed E-state index contributed by atoms with van der Waals surface area (Å²) in [4.78, 5) is 2.26. The monoisotopic (exact) mass is 313 g/mol. The first-order valence-electron chi connectivity index (χ1n) is 6.48. The van der Waals surface area contributed by atoms with Gasteiger partial charge in [-0.1, -0.05) is 22.0 Å². The fourth-order valence-corrected chi connectivity index (χ4v) is 3.26. The minimum atomic E-state index is -0.469. The van der Waals surface area contributed by atoms with Gasteiger partial charge in [-0.3, -0.25) is 0 Å². The van der Waals surface area contributed by atoms with E-state index >= 15 is 0 Å². The van der Waals surface area contributed by atoms with Crippen LogP contribution in [0.15, 0.2) is 22.7 Å². The lowest BCUT2D eigenvalue weighted by atomic mass is 10.0. The highest BCUT2D eigenvalue weighted by Crippen LogP contribution is 2.31. The number of rotatable bonds is 3. The van der Waals surface area contributed by atoms with Crippen molar-refractivity contribution in [2.45, 2.75) is 38.3 Å². The van der Waals surface area contributed by atoms with Crippen LogP contribution in [0.25, 0.3) is 0 Å². The number of benzene rings is 1. The third kappa shape index (κ3) is 2.87. The average molecular weight is 314 g/mol. The largest absolute Gasteiger partial charge is 0.394 e. The first-order chi connectivity index (χ1) is 8.63. The van der Waals surface area contributed by atoms with Crippen molar-refractivity contribution in [1.82, 2.24) is 0 Å². The van der Waals surface area contributed by atoms with Gasteiger partial charge in [0.2, 0.25) is 0 Å². The van der Waals surface area contributed by atoms with Gasteiger partial charge in [0.25, 0.3) is 0 Å². The van der Waals surface area contributed by atoms with E-state index in [4.69, 9.17) is 0 Å². The maximum Gasteiger partial charge on any atom is 0.0772 e. The lowest BCUT2D eigenvalue weighted by Gasteiger charge is -2.36. The Bertz CT molecular complexity index is 409. The summed E-state index contributed by atoms with van der Waals surface area (Å²) >= 11 is 3.51. The van der Waals surface area contributed by atoms with Crippen molar-refractivity contribution < 1.29 is 10.2 Å². The second kappa shape index (κ2) is 6.04. The van der Waals surface area contributed by atoms with Gasteiger partial charge in [-0.2, -0.15) is 0 Å². The third-order valence-corrected chi connectivity index (χ3v) is 4.29. The molecule has 1 aliphatic rings. The Morgan fingerprint density at radius 3 is 2.83 bits per heavy atom. The first kappa shape index (κ1) is 13.8. The SMILES string of the molecule is C[C@@H](O)c1ccc(N2CCCCC2CO)cc1Br. The highest BCUT2D eigenvalue weighted by molar-refractivity contribution is 9.10. The molecule has 3 nitrogen and oxygen atoms in total. The van der Waals surface area contributed by atoms with E-state index in [2.05, 4.69) is 20.8 Å². The summed E-state index contributed by atoms with van der Waals surface area (Å²) in [7, 11) is 0. The first-order valence-corrected chi connectivity index (χ1v) is 7.27.